The highest BCUT2D eigenvalue weighted by Gasteiger charge is 2.23. The SMILES string of the molecule is CS/C(=N\c1ccc(Cl)cc1C)N1CCC(OC(C)=O)CC1. The van der Waals surface area contributed by atoms with Crippen molar-refractivity contribution in [1.29, 1.82) is 0 Å². The zero-order valence-corrected chi connectivity index (χ0v) is 14.7. The fourth-order valence-electron chi connectivity index (χ4n) is 2.49. The van der Waals surface area contributed by atoms with E-state index in [9.17, 15) is 4.79 Å². The molecule has 1 saturated heterocycles. The molecule has 1 aromatic rings. The normalized spacial score (nSPS) is 16.7. The van der Waals surface area contributed by atoms with Crippen molar-refractivity contribution in [3.8, 4) is 0 Å². The van der Waals surface area contributed by atoms with Gasteiger partial charge in [-0.25, -0.2) is 4.99 Å². The molecule has 1 aliphatic heterocycles. The molecule has 2 rings (SSSR count). The van der Waals surface area contributed by atoms with Gasteiger partial charge in [0.2, 0.25) is 0 Å². The lowest BCUT2D eigenvalue weighted by atomic mass is 10.1. The molecule has 0 radical (unpaired) electrons. The smallest absolute Gasteiger partial charge is 0.302 e. The number of thioether (sulfide) groups is 1. The molecule has 0 bridgehead atoms. The van der Waals surface area contributed by atoms with Crippen molar-refractivity contribution in [1.82, 2.24) is 4.90 Å². The Labute approximate surface area is 140 Å². The van der Waals surface area contributed by atoms with Gasteiger partial charge in [-0.3, -0.25) is 4.79 Å². The molecule has 0 unspecified atom stereocenters. The third-order valence-electron chi connectivity index (χ3n) is 3.60. The van der Waals surface area contributed by atoms with Crippen molar-refractivity contribution in [2.24, 2.45) is 4.99 Å². The molecular weight excluding hydrogens is 320 g/mol. The van der Waals surface area contributed by atoms with E-state index in [2.05, 4.69) is 4.90 Å². The minimum absolute atomic E-state index is 0.0362. The molecule has 1 heterocycles. The van der Waals surface area contributed by atoms with Gasteiger partial charge in [0.15, 0.2) is 5.17 Å². The highest BCUT2D eigenvalue weighted by atomic mass is 35.5. The molecule has 0 saturated carbocycles. The quantitative estimate of drug-likeness (QED) is 0.463. The van der Waals surface area contributed by atoms with E-state index in [1.807, 2.05) is 31.4 Å². The number of rotatable bonds is 2. The van der Waals surface area contributed by atoms with Gasteiger partial charge in [-0.05, 0) is 36.9 Å². The van der Waals surface area contributed by atoms with Crippen molar-refractivity contribution in [3.05, 3.63) is 28.8 Å². The summed E-state index contributed by atoms with van der Waals surface area (Å²) in [5, 5.41) is 1.72. The summed E-state index contributed by atoms with van der Waals surface area (Å²) in [6.45, 7) is 5.18. The van der Waals surface area contributed by atoms with E-state index >= 15 is 0 Å². The van der Waals surface area contributed by atoms with Gasteiger partial charge in [-0.2, -0.15) is 0 Å². The number of hydrogen-bond donors (Lipinski definition) is 0. The van der Waals surface area contributed by atoms with Crippen LogP contribution in [0.15, 0.2) is 23.2 Å². The second-order valence-electron chi connectivity index (χ2n) is 5.33. The summed E-state index contributed by atoms with van der Waals surface area (Å²) in [6.07, 6.45) is 3.76. The molecule has 4 nitrogen and oxygen atoms in total. The van der Waals surface area contributed by atoms with Crippen molar-refractivity contribution >= 4 is 40.2 Å². The lowest BCUT2D eigenvalue weighted by Crippen LogP contribution is -2.40. The van der Waals surface area contributed by atoms with Crippen LogP contribution >= 0.6 is 23.4 Å². The number of aryl methyl sites for hydroxylation is 1. The molecule has 0 amide bonds. The van der Waals surface area contributed by atoms with Gasteiger partial charge >= 0.3 is 5.97 Å². The number of carbonyl (C=O) groups excluding carboxylic acids is 1. The third-order valence-corrected chi connectivity index (χ3v) is 4.55. The largest absolute Gasteiger partial charge is 0.462 e. The monoisotopic (exact) mass is 340 g/mol. The molecule has 0 spiro atoms. The topological polar surface area (TPSA) is 41.9 Å². The molecular formula is C16H21ClN2O2S. The fraction of sp³-hybridized carbons (Fsp3) is 0.500. The van der Waals surface area contributed by atoms with E-state index in [-0.39, 0.29) is 12.1 Å². The molecule has 1 aliphatic rings. The molecule has 6 heteroatoms. The number of piperidine rings is 1. The average molecular weight is 341 g/mol. The maximum atomic E-state index is 11.0. The molecule has 0 N–H and O–H groups in total. The summed E-state index contributed by atoms with van der Waals surface area (Å²) in [4.78, 5) is 18.0. The minimum atomic E-state index is -0.200. The van der Waals surface area contributed by atoms with Gasteiger partial charge < -0.3 is 9.64 Å². The predicted molar refractivity (Wildman–Crippen MR) is 93.2 cm³/mol. The lowest BCUT2D eigenvalue weighted by Gasteiger charge is -2.33. The summed E-state index contributed by atoms with van der Waals surface area (Å²) in [5.74, 6) is -0.200. The summed E-state index contributed by atoms with van der Waals surface area (Å²) in [6, 6.07) is 5.73. The number of benzene rings is 1. The van der Waals surface area contributed by atoms with E-state index in [0.717, 1.165) is 47.4 Å². The van der Waals surface area contributed by atoms with Crippen LogP contribution in [0.5, 0.6) is 0 Å². The van der Waals surface area contributed by atoms with Crippen LogP contribution in [0.3, 0.4) is 0 Å². The van der Waals surface area contributed by atoms with Gasteiger partial charge in [-0.1, -0.05) is 23.4 Å². The minimum Gasteiger partial charge on any atom is -0.462 e. The Kier molecular flexibility index (Phi) is 6.15. The first kappa shape index (κ1) is 17.2. The van der Waals surface area contributed by atoms with Crippen LogP contribution in [0.25, 0.3) is 0 Å². The number of halogens is 1. The molecule has 1 aromatic carbocycles. The zero-order chi connectivity index (χ0) is 16.1. The van der Waals surface area contributed by atoms with E-state index in [0.29, 0.717) is 0 Å². The number of aliphatic imine (C=N–C) groups is 1. The molecule has 0 atom stereocenters. The Balaban J connectivity index is 2.06. The highest BCUT2D eigenvalue weighted by molar-refractivity contribution is 8.13. The maximum absolute atomic E-state index is 11.0. The summed E-state index contributed by atoms with van der Waals surface area (Å²) in [5.41, 5.74) is 2.00. The van der Waals surface area contributed by atoms with Gasteiger partial charge in [0.25, 0.3) is 0 Å². The molecule has 0 aliphatic carbocycles. The van der Waals surface area contributed by atoms with Crippen LogP contribution in [0, 0.1) is 6.92 Å². The Morgan fingerprint density at radius 1 is 1.41 bits per heavy atom. The zero-order valence-electron chi connectivity index (χ0n) is 13.1. The molecule has 22 heavy (non-hydrogen) atoms. The maximum Gasteiger partial charge on any atom is 0.302 e. The number of carbonyl (C=O) groups is 1. The second kappa shape index (κ2) is 7.88. The van der Waals surface area contributed by atoms with Crippen LogP contribution in [-0.2, 0) is 9.53 Å². The van der Waals surface area contributed by atoms with Crippen molar-refractivity contribution in [2.75, 3.05) is 19.3 Å². The fourth-order valence-corrected chi connectivity index (χ4v) is 3.35. The van der Waals surface area contributed by atoms with Crippen molar-refractivity contribution in [2.45, 2.75) is 32.8 Å². The van der Waals surface area contributed by atoms with E-state index in [4.69, 9.17) is 21.3 Å². The Morgan fingerprint density at radius 2 is 2.09 bits per heavy atom. The number of esters is 1. The molecule has 0 aromatic heterocycles. The van der Waals surface area contributed by atoms with Crippen LogP contribution < -0.4 is 0 Å². The number of nitrogens with zero attached hydrogens (tertiary/aromatic N) is 2. The lowest BCUT2D eigenvalue weighted by molar-refractivity contribution is -0.147. The number of ether oxygens (including phenoxy) is 1. The Hall–Kier alpha value is -1.20. The van der Waals surface area contributed by atoms with Gasteiger partial charge in [0, 0.05) is 37.9 Å². The van der Waals surface area contributed by atoms with E-state index in [1.165, 1.54) is 6.92 Å². The first-order valence-corrected chi connectivity index (χ1v) is 8.91. The highest BCUT2D eigenvalue weighted by Crippen LogP contribution is 2.25. The van der Waals surface area contributed by atoms with Gasteiger partial charge in [-0.15, -0.1) is 0 Å². The first-order chi connectivity index (χ1) is 10.5. The third kappa shape index (κ3) is 4.65. The first-order valence-electron chi connectivity index (χ1n) is 7.30. The van der Waals surface area contributed by atoms with Crippen LogP contribution in [0.4, 0.5) is 5.69 Å². The standard InChI is InChI=1S/C16H21ClN2O2S/c1-11-10-13(17)4-5-15(11)18-16(22-3)19-8-6-14(7-9-19)21-12(2)20/h4-5,10,14H,6-9H2,1-3H3/b18-16-. The van der Waals surface area contributed by atoms with Crippen molar-refractivity contribution < 1.29 is 9.53 Å². The number of amidine groups is 1. The number of hydrogen-bond acceptors (Lipinski definition) is 4. The Bertz CT molecular complexity index is 569. The second-order valence-corrected chi connectivity index (χ2v) is 6.53. The summed E-state index contributed by atoms with van der Waals surface area (Å²) < 4.78 is 5.28. The average Bonchev–Trinajstić information content (AvgIpc) is 2.47. The van der Waals surface area contributed by atoms with E-state index in [1.54, 1.807) is 11.8 Å². The van der Waals surface area contributed by atoms with Crippen LogP contribution in [0.1, 0.15) is 25.3 Å². The van der Waals surface area contributed by atoms with Gasteiger partial charge in [0.05, 0.1) is 5.69 Å². The van der Waals surface area contributed by atoms with E-state index < -0.39 is 0 Å². The Morgan fingerprint density at radius 3 is 2.64 bits per heavy atom. The van der Waals surface area contributed by atoms with Crippen LogP contribution in [-0.4, -0.2) is 41.5 Å². The van der Waals surface area contributed by atoms with Gasteiger partial charge in [0.1, 0.15) is 6.10 Å². The summed E-state index contributed by atoms with van der Waals surface area (Å²) in [7, 11) is 0. The molecule has 1 fully saturated rings. The molecule has 120 valence electrons. The number of likely N-dealkylation sites (tertiary alicyclic amines) is 1. The van der Waals surface area contributed by atoms with Crippen LogP contribution in [0.2, 0.25) is 5.02 Å². The van der Waals surface area contributed by atoms with Crippen molar-refractivity contribution in [3.63, 3.8) is 0 Å². The summed E-state index contributed by atoms with van der Waals surface area (Å²) >= 11 is 7.62. The predicted octanol–water partition coefficient (Wildman–Crippen LogP) is 4.03.